The van der Waals surface area contributed by atoms with Gasteiger partial charge >= 0.3 is 0 Å². The average molecular weight is 211 g/mol. The van der Waals surface area contributed by atoms with Crippen molar-refractivity contribution >= 4 is 23.2 Å². The second kappa shape index (κ2) is 4.76. The number of para-hydroxylation sites is 1. The average Bonchev–Trinajstić information content (AvgIpc) is 2.18. The Bertz CT molecular complexity index is 365. The third kappa shape index (κ3) is 2.32. The van der Waals surface area contributed by atoms with Crippen LogP contribution in [0.25, 0.3) is 0 Å². The van der Waals surface area contributed by atoms with Gasteiger partial charge < -0.3 is 0 Å². The van der Waals surface area contributed by atoms with Crippen LogP contribution in [-0.2, 0) is 0 Å². The van der Waals surface area contributed by atoms with Crippen molar-refractivity contribution in [1.29, 1.82) is 0 Å². The third-order valence-corrected chi connectivity index (χ3v) is 2.23. The van der Waals surface area contributed by atoms with Gasteiger partial charge in [-0.1, -0.05) is 12.1 Å². The van der Waals surface area contributed by atoms with Crippen LogP contribution in [0.2, 0.25) is 0 Å². The number of nitro benzene ring substituents is 1. The predicted molar refractivity (Wildman–Crippen MR) is 55.8 cm³/mol. The van der Waals surface area contributed by atoms with E-state index in [0.29, 0.717) is 0 Å². The highest BCUT2D eigenvalue weighted by Crippen LogP contribution is 2.19. The molecule has 0 radical (unpaired) electrons. The summed E-state index contributed by atoms with van der Waals surface area (Å²) in [6.07, 6.45) is 1.78. The van der Waals surface area contributed by atoms with Gasteiger partial charge in [-0.05, 0) is 12.3 Å². The van der Waals surface area contributed by atoms with Crippen molar-refractivity contribution in [2.45, 2.75) is 0 Å². The van der Waals surface area contributed by atoms with Gasteiger partial charge in [0.05, 0.1) is 16.2 Å². The summed E-state index contributed by atoms with van der Waals surface area (Å²) < 4.78 is 0. The summed E-state index contributed by atoms with van der Waals surface area (Å²) in [6, 6.07) is 6.00. The molecule has 4 nitrogen and oxygen atoms in total. The first-order valence-electron chi connectivity index (χ1n) is 3.92. The van der Waals surface area contributed by atoms with E-state index in [4.69, 9.17) is 0 Å². The Balaban J connectivity index is 3.07. The molecule has 1 rings (SSSR count). The van der Waals surface area contributed by atoms with E-state index in [0.717, 1.165) is 0 Å². The zero-order valence-corrected chi connectivity index (χ0v) is 8.41. The molecule has 0 aliphatic heterocycles. The molecule has 1 aromatic carbocycles. The van der Waals surface area contributed by atoms with E-state index >= 15 is 0 Å². The first kappa shape index (κ1) is 10.7. The lowest BCUT2D eigenvalue weighted by atomic mass is 10.1. The molecule has 0 unspecified atom stereocenters. The fourth-order valence-electron chi connectivity index (χ4n) is 1.08. The predicted octanol–water partition coefficient (Wildman–Crippen LogP) is 2.14. The highest BCUT2D eigenvalue weighted by molar-refractivity contribution is 7.99. The van der Waals surface area contributed by atoms with Gasteiger partial charge in [0, 0.05) is 6.07 Å². The summed E-state index contributed by atoms with van der Waals surface area (Å²) in [4.78, 5) is 21.5. The molecule has 0 N–H and O–H groups in total. The maximum absolute atomic E-state index is 11.4. The molecule has 0 saturated heterocycles. The maximum Gasteiger partial charge on any atom is 0.280 e. The van der Waals surface area contributed by atoms with Crippen LogP contribution in [0.15, 0.2) is 24.3 Å². The van der Waals surface area contributed by atoms with Crippen LogP contribution in [0.5, 0.6) is 0 Å². The van der Waals surface area contributed by atoms with Crippen LogP contribution in [0.1, 0.15) is 10.4 Å². The Morgan fingerprint density at radius 3 is 2.71 bits per heavy atom. The lowest BCUT2D eigenvalue weighted by Crippen LogP contribution is -2.05. The fourth-order valence-corrected chi connectivity index (χ4v) is 1.50. The highest BCUT2D eigenvalue weighted by Gasteiger charge is 2.17. The molecule has 74 valence electrons. The molecule has 0 spiro atoms. The second-order valence-corrected chi connectivity index (χ2v) is 3.50. The molecule has 0 amide bonds. The van der Waals surface area contributed by atoms with E-state index in [1.54, 1.807) is 18.4 Å². The van der Waals surface area contributed by atoms with Crippen molar-refractivity contribution in [3.05, 3.63) is 39.9 Å². The lowest BCUT2D eigenvalue weighted by molar-refractivity contribution is -0.385. The van der Waals surface area contributed by atoms with E-state index in [2.05, 4.69) is 0 Å². The molecule has 1 aromatic rings. The Morgan fingerprint density at radius 2 is 2.14 bits per heavy atom. The molecule has 0 bridgehead atoms. The standard InChI is InChI=1S/C9H9NO3S/c1-14-6-9(11)7-4-2-3-5-8(7)10(12)13/h2-5H,6H2,1H3. The summed E-state index contributed by atoms with van der Waals surface area (Å²) in [7, 11) is 0. The number of ketones is 1. The molecular weight excluding hydrogens is 202 g/mol. The van der Waals surface area contributed by atoms with Gasteiger partial charge in [-0.3, -0.25) is 14.9 Å². The summed E-state index contributed by atoms with van der Waals surface area (Å²) in [5.74, 6) is 0.0648. The third-order valence-electron chi connectivity index (χ3n) is 1.68. The van der Waals surface area contributed by atoms with Crippen molar-refractivity contribution in [3.8, 4) is 0 Å². The van der Waals surface area contributed by atoms with Crippen molar-refractivity contribution in [2.24, 2.45) is 0 Å². The normalized spacial score (nSPS) is 9.79. The molecule has 5 heteroatoms. The van der Waals surface area contributed by atoms with E-state index in [9.17, 15) is 14.9 Å². The van der Waals surface area contributed by atoms with Gasteiger partial charge in [0.25, 0.3) is 5.69 Å². The summed E-state index contributed by atoms with van der Waals surface area (Å²) in [6.45, 7) is 0. The topological polar surface area (TPSA) is 60.2 Å². The van der Waals surface area contributed by atoms with Gasteiger partial charge in [-0.15, -0.1) is 0 Å². The molecule has 0 aliphatic carbocycles. The molecule has 0 saturated carbocycles. The monoisotopic (exact) mass is 211 g/mol. The quantitative estimate of drug-likeness (QED) is 0.435. The lowest BCUT2D eigenvalue weighted by Gasteiger charge is -1.99. The number of hydrogen-bond acceptors (Lipinski definition) is 4. The number of carbonyl (C=O) groups excluding carboxylic acids is 1. The van der Waals surface area contributed by atoms with Gasteiger partial charge in [0.2, 0.25) is 0 Å². The Labute approximate surface area is 85.5 Å². The van der Waals surface area contributed by atoms with Crippen LogP contribution in [0.3, 0.4) is 0 Å². The van der Waals surface area contributed by atoms with Crippen LogP contribution < -0.4 is 0 Å². The fraction of sp³-hybridized carbons (Fsp3) is 0.222. The van der Waals surface area contributed by atoms with E-state index in [1.807, 2.05) is 0 Å². The molecule has 0 aliphatic rings. The molecule has 0 heterocycles. The highest BCUT2D eigenvalue weighted by atomic mass is 32.2. The first-order chi connectivity index (χ1) is 6.66. The first-order valence-corrected chi connectivity index (χ1v) is 5.31. The van der Waals surface area contributed by atoms with Crippen LogP contribution >= 0.6 is 11.8 Å². The van der Waals surface area contributed by atoms with Gasteiger partial charge in [0.1, 0.15) is 0 Å². The van der Waals surface area contributed by atoms with E-state index in [1.165, 1.54) is 23.9 Å². The van der Waals surface area contributed by atoms with Gasteiger partial charge in [-0.25, -0.2) is 0 Å². The molecule has 0 fully saturated rings. The minimum Gasteiger partial charge on any atom is -0.293 e. The SMILES string of the molecule is CSCC(=O)c1ccccc1[N+](=O)[O-]. The number of carbonyl (C=O) groups is 1. The zero-order valence-electron chi connectivity index (χ0n) is 7.60. The minimum atomic E-state index is -0.534. The largest absolute Gasteiger partial charge is 0.293 e. The molecule has 0 atom stereocenters. The van der Waals surface area contributed by atoms with Gasteiger partial charge in [-0.2, -0.15) is 11.8 Å². The number of benzene rings is 1. The Hall–Kier alpha value is -1.36. The molecule has 0 aromatic heterocycles. The van der Waals surface area contributed by atoms with Crippen LogP contribution in [-0.4, -0.2) is 22.7 Å². The number of nitro groups is 1. The maximum atomic E-state index is 11.4. The zero-order chi connectivity index (χ0) is 10.6. The number of thioether (sulfide) groups is 1. The smallest absolute Gasteiger partial charge is 0.280 e. The number of nitrogens with zero attached hydrogens (tertiary/aromatic N) is 1. The molecule has 14 heavy (non-hydrogen) atoms. The summed E-state index contributed by atoms with van der Waals surface area (Å²) >= 11 is 1.35. The molecular formula is C9H9NO3S. The van der Waals surface area contributed by atoms with Crippen molar-refractivity contribution < 1.29 is 9.72 Å². The van der Waals surface area contributed by atoms with Gasteiger partial charge in [0.15, 0.2) is 5.78 Å². The second-order valence-electron chi connectivity index (χ2n) is 2.63. The summed E-state index contributed by atoms with van der Waals surface area (Å²) in [5.41, 5.74) is 0.0680. The number of Topliss-reactive ketones (excluding diaryl/α,β-unsaturated/α-hetero) is 1. The minimum absolute atomic E-state index is 0.119. The Kier molecular flexibility index (Phi) is 3.64. The van der Waals surface area contributed by atoms with Crippen molar-refractivity contribution in [3.63, 3.8) is 0 Å². The van der Waals surface area contributed by atoms with E-state index in [-0.39, 0.29) is 22.8 Å². The summed E-state index contributed by atoms with van der Waals surface area (Å²) in [5, 5.41) is 10.6. The van der Waals surface area contributed by atoms with Crippen LogP contribution in [0, 0.1) is 10.1 Å². The van der Waals surface area contributed by atoms with Crippen molar-refractivity contribution in [2.75, 3.05) is 12.0 Å². The van der Waals surface area contributed by atoms with Crippen LogP contribution in [0.4, 0.5) is 5.69 Å². The van der Waals surface area contributed by atoms with Crippen molar-refractivity contribution in [1.82, 2.24) is 0 Å². The number of hydrogen-bond donors (Lipinski definition) is 0. The Morgan fingerprint density at radius 1 is 1.50 bits per heavy atom. The van der Waals surface area contributed by atoms with E-state index < -0.39 is 4.92 Å². The number of rotatable bonds is 4.